The van der Waals surface area contributed by atoms with Gasteiger partial charge in [-0.05, 0) is 43.2 Å². The molecule has 102 valence electrons. The van der Waals surface area contributed by atoms with Crippen molar-refractivity contribution in [2.24, 2.45) is 17.8 Å². The highest BCUT2D eigenvalue weighted by molar-refractivity contribution is 5.79. The van der Waals surface area contributed by atoms with Gasteiger partial charge in [-0.15, -0.1) is 0 Å². The number of nitrogens with one attached hydrogen (secondary N) is 1. The maximum absolute atomic E-state index is 12.0. The lowest BCUT2D eigenvalue weighted by atomic mass is 10.0. The third-order valence-electron chi connectivity index (χ3n) is 4.56. The molecule has 1 amide bonds. The second kappa shape index (κ2) is 5.24. The molecule has 1 aromatic carbocycles. The van der Waals surface area contributed by atoms with Crippen LogP contribution < -0.4 is 10.2 Å². The minimum atomic E-state index is 0.272. The van der Waals surface area contributed by atoms with E-state index in [9.17, 15) is 4.79 Å². The molecule has 2 atom stereocenters. The number of carbonyl (C=O) groups excluding carboxylic acids is 1. The summed E-state index contributed by atoms with van der Waals surface area (Å²) in [5, 5.41) is 3.09. The Morgan fingerprint density at radius 2 is 1.89 bits per heavy atom. The molecule has 19 heavy (non-hydrogen) atoms. The van der Waals surface area contributed by atoms with Crippen LogP contribution in [-0.4, -0.2) is 26.0 Å². The van der Waals surface area contributed by atoms with Crippen molar-refractivity contribution in [1.29, 1.82) is 0 Å². The van der Waals surface area contributed by atoms with Crippen LogP contribution in [0.1, 0.15) is 19.3 Å². The molecule has 3 rings (SSSR count). The summed E-state index contributed by atoms with van der Waals surface area (Å²) in [6, 6.07) is 10.3. The predicted molar refractivity (Wildman–Crippen MR) is 77.0 cm³/mol. The average molecular weight is 258 g/mol. The van der Waals surface area contributed by atoms with Crippen LogP contribution in [0.3, 0.4) is 0 Å². The van der Waals surface area contributed by atoms with Crippen LogP contribution in [-0.2, 0) is 4.79 Å². The summed E-state index contributed by atoms with van der Waals surface area (Å²) in [4.78, 5) is 14.2. The van der Waals surface area contributed by atoms with Gasteiger partial charge in [0.1, 0.15) is 0 Å². The number of rotatable bonds is 5. The van der Waals surface area contributed by atoms with E-state index in [4.69, 9.17) is 0 Å². The van der Waals surface area contributed by atoms with E-state index < -0.39 is 0 Å². The van der Waals surface area contributed by atoms with Crippen molar-refractivity contribution in [3.05, 3.63) is 30.3 Å². The number of anilines is 1. The van der Waals surface area contributed by atoms with E-state index in [-0.39, 0.29) is 5.91 Å². The lowest BCUT2D eigenvalue weighted by molar-refractivity contribution is -0.125. The second-order valence-corrected chi connectivity index (χ2v) is 5.97. The van der Waals surface area contributed by atoms with Crippen LogP contribution in [0, 0.1) is 17.8 Å². The first-order valence-corrected chi connectivity index (χ1v) is 7.28. The molecule has 2 unspecified atom stereocenters. The Balaban J connectivity index is 1.39. The summed E-state index contributed by atoms with van der Waals surface area (Å²) >= 11 is 0. The molecule has 0 saturated heterocycles. The Labute approximate surface area is 115 Å². The highest BCUT2D eigenvalue weighted by Gasteiger charge is 2.47. The summed E-state index contributed by atoms with van der Waals surface area (Å²) in [6.45, 7) is 1.59. The first-order valence-electron chi connectivity index (χ1n) is 7.28. The summed E-state index contributed by atoms with van der Waals surface area (Å²) in [5.74, 6) is 2.32. The highest BCUT2D eigenvalue weighted by Crippen LogP contribution is 2.54. The number of hydrogen-bond donors (Lipinski definition) is 1. The maximum Gasteiger partial charge on any atom is 0.223 e. The number of hydrogen-bond acceptors (Lipinski definition) is 2. The van der Waals surface area contributed by atoms with Crippen LogP contribution in [0.4, 0.5) is 5.69 Å². The predicted octanol–water partition coefficient (Wildman–Crippen LogP) is 2.29. The molecule has 3 heteroatoms. The van der Waals surface area contributed by atoms with Crippen molar-refractivity contribution in [3.63, 3.8) is 0 Å². The van der Waals surface area contributed by atoms with Crippen molar-refractivity contribution in [1.82, 2.24) is 5.32 Å². The fraction of sp³-hybridized carbons (Fsp3) is 0.562. The minimum Gasteiger partial charge on any atom is -0.373 e. The normalized spacial score (nSPS) is 27.7. The Kier molecular flexibility index (Phi) is 3.45. The molecule has 0 aromatic heterocycles. The maximum atomic E-state index is 12.0. The summed E-state index contributed by atoms with van der Waals surface area (Å²) in [6.07, 6.45) is 3.64. The van der Waals surface area contributed by atoms with Crippen LogP contribution in [0.5, 0.6) is 0 Å². The van der Waals surface area contributed by atoms with E-state index in [1.165, 1.54) is 12.1 Å². The smallest absolute Gasteiger partial charge is 0.223 e. The van der Waals surface area contributed by atoms with Gasteiger partial charge in [0.05, 0.1) is 0 Å². The quantitative estimate of drug-likeness (QED) is 0.879. The van der Waals surface area contributed by atoms with Gasteiger partial charge in [0.15, 0.2) is 0 Å². The van der Waals surface area contributed by atoms with Crippen molar-refractivity contribution in [2.45, 2.75) is 19.3 Å². The van der Waals surface area contributed by atoms with Crippen molar-refractivity contribution in [2.75, 3.05) is 25.0 Å². The monoisotopic (exact) mass is 258 g/mol. The van der Waals surface area contributed by atoms with Crippen molar-refractivity contribution >= 4 is 11.6 Å². The average Bonchev–Trinajstić information content (AvgIpc) is 3.06. The van der Waals surface area contributed by atoms with E-state index in [1.54, 1.807) is 0 Å². The topological polar surface area (TPSA) is 32.3 Å². The summed E-state index contributed by atoms with van der Waals surface area (Å²) in [7, 11) is 2.06. The van der Waals surface area contributed by atoms with Gasteiger partial charge in [-0.1, -0.05) is 18.2 Å². The minimum absolute atomic E-state index is 0.272. The van der Waals surface area contributed by atoms with Gasteiger partial charge in [0, 0.05) is 31.7 Å². The van der Waals surface area contributed by atoms with Gasteiger partial charge in [-0.3, -0.25) is 4.79 Å². The largest absolute Gasteiger partial charge is 0.373 e. The van der Waals surface area contributed by atoms with Crippen molar-refractivity contribution < 1.29 is 4.79 Å². The molecule has 2 aliphatic carbocycles. The molecule has 0 heterocycles. The van der Waals surface area contributed by atoms with Gasteiger partial charge in [-0.25, -0.2) is 0 Å². The number of carbonyl (C=O) groups is 1. The van der Waals surface area contributed by atoms with Gasteiger partial charge in [-0.2, -0.15) is 0 Å². The standard InChI is InChI=1S/C16H22N2O/c1-18(15-5-3-2-4-6-15)8-7-17-16(19)14-10-12-9-13(12)11-14/h2-6,12-14H,7-11H2,1H3,(H,17,19). The van der Waals surface area contributed by atoms with Crippen LogP contribution in [0.25, 0.3) is 0 Å². The number of likely N-dealkylation sites (N-methyl/N-ethyl adjacent to an activating group) is 1. The fourth-order valence-corrected chi connectivity index (χ4v) is 3.23. The number of amides is 1. The molecular weight excluding hydrogens is 236 g/mol. The second-order valence-electron chi connectivity index (χ2n) is 5.97. The van der Waals surface area contributed by atoms with E-state index in [0.29, 0.717) is 5.92 Å². The van der Waals surface area contributed by atoms with E-state index in [1.807, 2.05) is 18.2 Å². The third kappa shape index (κ3) is 2.91. The first kappa shape index (κ1) is 12.5. The molecule has 0 spiro atoms. The van der Waals surface area contributed by atoms with Gasteiger partial charge < -0.3 is 10.2 Å². The lowest BCUT2D eigenvalue weighted by Gasteiger charge is -2.20. The molecule has 2 fully saturated rings. The molecule has 1 aromatic rings. The molecule has 0 radical (unpaired) electrons. The van der Waals surface area contributed by atoms with Gasteiger partial charge in [0.25, 0.3) is 0 Å². The Morgan fingerprint density at radius 3 is 2.58 bits per heavy atom. The molecule has 3 nitrogen and oxygen atoms in total. The molecule has 1 N–H and O–H groups in total. The summed E-state index contributed by atoms with van der Waals surface area (Å²) < 4.78 is 0. The van der Waals surface area contributed by atoms with Crippen LogP contribution >= 0.6 is 0 Å². The van der Waals surface area contributed by atoms with Crippen LogP contribution in [0.15, 0.2) is 30.3 Å². The SMILES string of the molecule is CN(CCNC(=O)C1CC2CC2C1)c1ccccc1. The zero-order chi connectivity index (χ0) is 13.2. The van der Waals surface area contributed by atoms with E-state index >= 15 is 0 Å². The molecule has 2 saturated carbocycles. The Bertz CT molecular complexity index is 435. The van der Waals surface area contributed by atoms with E-state index in [0.717, 1.165) is 37.8 Å². The Morgan fingerprint density at radius 1 is 1.21 bits per heavy atom. The number of para-hydroxylation sites is 1. The third-order valence-corrected chi connectivity index (χ3v) is 4.56. The highest BCUT2D eigenvalue weighted by atomic mass is 16.1. The van der Waals surface area contributed by atoms with E-state index in [2.05, 4.69) is 29.4 Å². The Hall–Kier alpha value is -1.51. The van der Waals surface area contributed by atoms with Crippen molar-refractivity contribution in [3.8, 4) is 0 Å². The molecule has 0 bridgehead atoms. The zero-order valence-electron chi connectivity index (χ0n) is 11.5. The van der Waals surface area contributed by atoms with Gasteiger partial charge >= 0.3 is 0 Å². The van der Waals surface area contributed by atoms with Gasteiger partial charge in [0.2, 0.25) is 5.91 Å². The lowest BCUT2D eigenvalue weighted by Crippen LogP contribution is -2.36. The first-order chi connectivity index (χ1) is 9.24. The zero-order valence-corrected chi connectivity index (χ0v) is 11.5. The van der Waals surface area contributed by atoms with Crippen LogP contribution in [0.2, 0.25) is 0 Å². The molecule has 0 aliphatic heterocycles. The number of fused-ring (bicyclic) bond motifs is 1. The number of benzene rings is 1. The number of nitrogens with zero attached hydrogens (tertiary/aromatic N) is 1. The molecular formula is C16H22N2O. The molecule has 2 aliphatic rings. The summed E-state index contributed by atoms with van der Waals surface area (Å²) in [5.41, 5.74) is 1.19. The fourth-order valence-electron chi connectivity index (χ4n) is 3.23.